The fourth-order valence-electron chi connectivity index (χ4n) is 1.63. The van der Waals surface area contributed by atoms with Gasteiger partial charge < -0.3 is 15.1 Å². The largest absolute Gasteiger partial charge is 0.508 e. The summed E-state index contributed by atoms with van der Waals surface area (Å²) in [6.45, 7) is -0.782. The smallest absolute Gasteiger partial charge is 0.390 e. The molecule has 21 heavy (non-hydrogen) atoms. The number of nitrogens with zero attached hydrogens (tertiary/aromatic N) is 2. The Kier molecular flexibility index (Phi) is 5.41. The molecule has 0 fully saturated rings. The third-order valence-electron chi connectivity index (χ3n) is 2.66. The van der Waals surface area contributed by atoms with E-state index in [0.717, 1.165) is 23.1 Å². The van der Waals surface area contributed by atoms with Crippen LogP contribution in [0.2, 0.25) is 0 Å². The van der Waals surface area contributed by atoms with Crippen molar-refractivity contribution in [2.24, 2.45) is 0 Å². The first kappa shape index (κ1) is 16.6. The number of phenols is 2. The maximum absolute atomic E-state index is 12.3. The van der Waals surface area contributed by atoms with Gasteiger partial charge in [-0.25, -0.2) is 0 Å². The lowest BCUT2D eigenvalue weighted by molar-refractivity contribution is -0.136. The first-order valence-electron chi connectivity index (χ1n) is 5.99. The first-order valence-corrected chi connectivity index (χ1v) is 5.99. The number of rotatable bonds is 5. The van der Waals surface area contributed by atoms with Crippen molar-refractivity contribution in [2.75, 3.05) is 13.1 Å². The molecule has 0 heterocycles. The van der Waals surface area contributed by atoms with Crippen LogP contribution in [-0.2, 0) is 0 Å². The summed E-state index contributed by atoms with van der Waals surface area (Å²) >= 11 is 0. The van der Waals surface area contributed by atoms with Crippen LogP contribution in [0.15, 0.2) is 18.2 Å². The highest BCUT2D eigenvalue weighted by molar-refractivity contribution is 5.97. The SMILES string of the molecule is N#CCCN(CCC(F)(F)F)C(=O)c1ccc(O)cc1O. The van der Waals surface area contributed by atoms with E-state index in [9.17, 15) is 23.1 Å². The molecule has 0 aromatic heterocycles. The lowest BCUT2D eigenvalue weighted by Gasteiger charge is -2.22. The van der Waals surface area contributed by atoms with E-state index in [-0.39, 0.29) is 24.3 Å². The van der Waals surface area contributed by atoms with Crippen LogP contribution in [0.4, 0.5) is 13.2 Å². The van der Waals surface area contributed by atoms with Crippen molar-refractivity contribution in [3.8, 4) is 17.6 Å². The highest BCUT2D eigenvalue weighted by atomic mass is 19.4. The number of carbonyl (C=O) groups excluding carboxylic acids is 1. The zero-order valence-corrected chi connectivity index (χ0v) is 10.9. The molecule has 1 aromatic rings. The number of benzene rings is 1. The molecule has 0 atom stereocenters. The average Bonchev–Trinajstić information content (AvgIpc) is 2.37. The summed E-state index contributed by atoms with van der Waals surface area (Å²) < 4.78 is 36.8. The maximum Gasteiger partial charge on any atom is 0.390 e. The fourth-order valence-corrected chi connectivity index (χ4v) is 1.63. The summed E-state index contributed by atoms with van der Waals surface area (Å²) in [7, 11) is 0. The number of phenolic OH excluding ortho intramolecular Hbond substituents is 2. The predicted molar refractivity (Wildman–Crippen MR) is 66.6 cm³/mol. The van der Waals surface area contributed by atoms with Gasteiger partial charge in [-0.05, 0) is 12.1 Å². The van der Waals surface area contributed by atoms with Gasteiger partial charge in [0.1, 0.15) is 11.5 Å². The van der Waals surface area contributed by atoms with Gasteiger partial charge in [-0.1, -0.05) is 0 Å². The van der Waals surface area contributed by atoms with E-state index in [1.807, 2.05) is 0 Å². The maximum atomic E-state index is 12.3. The highest BCUT2D eigenvalue weighted by Crippen LogP contribution is 2.25. The minimum absolute atomic E-state index is 0.123. The number of halogens is 3. The summed E-state index contributed by atoms with van der Waals surface area (Å²) in [4.78, 5) is 13.0. The average molecular weight is 302 g/mol. The second-order valence-corrected chi connectivity index (χ2v) is 4.27. The molecule has 0 unspecified atom stereocenters. The Bertz CT molecular complexity index is 553. The van der Waals surface area contributed by atoms with E-state index < -0.39 is 30.8 Å². The molecule has 1 amide bonds. The zero-order chi connectivity index (χ0) is 16.0. The Morgan fingerprint density at radius 2 is 1.95 bits per heavy atom. The fraction of sp³-hybridized carbons (Fsp3) is 0.385. The molecule has 0 saturated heterocycles. The second-order valence-electron chi connectivity index (χ2n) is 4.27. The van der Waals surface area contributed by atoms with Crippen LogP contribution in [0.5, 0.6) is 11.5 Å². The minimum atomic E-state index is -4.43. The van der Waals surface area contributed by atoms with Crippen LogP contribution in [-0.4, -0.2) is 40.3 Å². The number of hydrogen-bond acceptors (Lipinski definition) is 4. The third-order valence-corrected chi connectivity index (χ3v) is 2.66. The molecular weight excluding hydrogens is 289 g/mol. The van der Waals surface area contributed by atoms with E-state index in [1.165, 1.54) is 0 Å². The standard InChI is InChI=1S/C13H13F3N2O3/c14-13(15,16)4-7-18(6-1-5-17)12(21)10-3-2-9(19)8-11(10)20/h2-3,8,19-20H,1,4,6-7H2. The van der Waals surface area contributed by atoms with Gasteiger partial charge in [0.25, 0.3) is 5.91 Å². The van der Waals surface area contributed by atoms with Crippen molar-refractivity contribution >= 4 is 5.91 Å². The summed E-state index contributed by atoms with van der Waals surface area (Å²) in [5.41, 5.74) is -0.229. The van der Waals surface area contributed by atoms with Crippen LogP contribution in [0, 0.1) is 11.3 Å². The van der Waals surface area contributed by atoms with Gasteiger partial charge >= 0.3 is 6.18 Å². The Labute approximate surface area is 118 Å². The van der Waals surface area contributed by atoms with Crippen LogP contribution >= 0.6 is 0 Å². The summed E-state index contributed by atoms with van der Waals surface area (Å²) in [6.07, 6.45) is -5.76. The van der Waals surface area contributed by atoms with Crippen LogP contribution in [0.1, 0.15) is 23.2 Å². The number of alkyl halides is 3. The van der Waals surface area contributed by atoms with E-state index in [4.69, 9.17) is 10.4 Å². The third kappa shape index (κ3) is 5.22. The summed E-state index contributed by atoms with van der Waals surface area (Å²) in [5.74, 6) is -1.64. The quantitative estimate of drug-likeness (QED) is 0.874. The minimum Gasteiger partial charge on any atom is -0.508 e. The molecule has 0 spiro atoms. The molecule has 1 rings (SSSR count). The number of nitriles is 1. The number of aromatic hydroxyl groups is 2. The lowest BCUT2D eigenvalue weighted by Crippen LogP contribution is -2.35. The Morgan fingerprint density at radius 1 is 1.29 bits per heavy atom. The van der Waals surface area contributed by atoms with Gasteiger partial charge in [0.15, 0.2) is 0 Å². The van der Waals surface area contributed by atoms with E-state index in [2.05, 4.69) is 0 Å². The molecule has 2 N–H and O–H groups in total. The van der Waals surface area contributed by atoms with E-state index in [1.54, 1.807) is 6.07 Å². The molecule has 1 aromatic carbocycles. The predicted octanol–water partition coefficient (Wildman–Crippen LogP) is 2.41. The lowest BCUT2D eigenvalue weighted by atomic mass is 10.1. The molecule has 0 aliphatic carbocycles. The monoisotopic (exact) mass is 302 g/mol. The van der Waals surface area contributed by atoms with Crippen molar-refractivity contribution in [1.82, 2.24) is 4.90 Å². The first-order chi connectivity index (χ1) is 9.74. The molecule has 5 nitrogen and oxygen atoms in total. The van der Waals surface area contributed by atoms with Crippen LogP contribution in [0.25, 0.3) is 0 Å². The Hall–Kier alpha value is -2.43. The van der Waals surface area contributed by atoms with Gasteiger partial charge in [0, 0.05) is 19.2 Å². The molecule has 8 heteroatoms. The van der Waals surface area contributed by atoms with Crippen molar-refractivity contribution in [1.29, 1.82) is 5.26 Å². The number of carbonyl (C=O) groups is 1. The Balaban J connectivity index is 2.91. The molecule has 0 bridgehead atoms. The van der Waals surface area contributed by atoms with Crippen molar-refractivity contribution in [3.63, 3.8) is 0 Å². The van der Waals surface area contributed by atoms with Gasteiger partial charge in [-0.3, -0.25) is 4.79 Å². The van der Waals surface area contributed by atoms with E-state index in [0.29, 0.717) is 0 Å². The van der Waals surface area contributed by atoms with Crippen LogP contribution in [0.3, 0.4) is 0 Å². The molecule has 0 radical (unpaired) electrons. The van der Waals surface area contributed by atoms with Crippen molar-refractivity contribution < 1.29 is 28.2 Å². The van der Waals surface area contributed by atoms with Crippen molar-refractivity contribution in [3.05, 3.63) is 23.8 Å². The van der Waals surface area contributed by atoms with Crippen LogP contribution < -0.4 is 0 Å². The molecule has 114 valence electrons. The van der Waals surface area contributed by atoms with Gasteiger partial charge in [-0.15, -0.1) is 0 Å². The summed E-state index contributed by atoms with van der Waals surface area (Å²) in [5, 5.41) is 27.2. The molecule has 0 aliphatic heterocycles. The number of amides is 1. The Morgan fingerprint density at radius 3 is 2.48 bits per heavy atom. The van der Waals surface area contributed by atoms with E-state index >= 15 is 0 Å². The molecule has 0 saturated carbocycles. The summed E-state index contributed by atoms with van der Waals surface area (Å²) in [6, 6.07) is 4.91. The van der Waals surface area contributed by atoms with Gasteiger partial charge in [0.2, 0.25) is 0 Å². The zero-order valence-electron chi connectivity index (χ0n) is 10.9. The van der Waals surface area contributed by atoms with Gasteiger partial charge in [-0.2, -0.15) is 18.4 Å². The highest BCUT2D eigenvalue weighted by Gasteiger charge is 2.29. The topological polar surface area (TPSA) is 84.6 Å². The second kappa shape index (κ2) is 6.83. The molecule has 0 aliphatic rings. The van der Waals surface area contributed by atoms with Crippen molar-refractivity contribution in [2.45, 2.75) is 19.0 Å². The molecular formula is C13H13F3N2O3. The number of hydrogen-bond donors (Lipinski definition) is 2. The van der Waals surface area contributed by atoms with Gasteiger partial charge in [0.05, 0.1) is 24.5 Å². The normalized spacial score (nSPS) is 11.0.